The molecule has 5 nitrogen and oxygen atoms in total. The molecule has 1 unspecified atom stereocenters. The van der Waals surface area contributed by atoms with Crippen LogP contribution in [0.4, 0.5) is 5.69 Å². The average molecular weight is 220 g/mol. The summed E-state index contributed by atoms with van der Waals surface area (Å²) in [5.41, 5.74) is 6.28. The summed E-state index contributed by atoms with van der Waals surface area (Å²) in [4.78, 5) is 11.8. The van der Waals surface area contributed by atoms with Gasteiger partial charge >= 0.3 is 0 Å². The van der Waals surface area contributed by atoms with Gasteiger partial charge in [-0.15, -0.1) is 6.42 Å². The van der Waals surface area contributed by atoms with Crippen molar-refractivity contribution in [3.63, 3.8) is 0 Å². The van der Waals surface area contributed by atoms with Crippen molar-refractivity contribution in [2.75, 3.05) is 5.73 Å². The average Bonchev–Trinajstić information content (AvgIpc) is 2.67. The van der Waals surface area contributed by atoms with Crippen LogP contribution in [0.5, 0.6) is 0 Å². The van der Waals surface area contributed by atoms with Gasteiger partial charge in [-0.3, -0.25) is 9.48 Å². The lowest BCUT2D eigenvalue weighted by Crippen LogP contribution is -2.33. The van der Waals surface area contributed by atoms with Gasteiger partial charge in [0.1, 0.15) is 0 Å². The van der Waals surface area contributed by atoms with Crippen molar-refractivity contribution in [2.24, 2.45) is 0 Å². The second-order valence-electron chi connectivity index (χ2n) is 3.39. The van der Waals surface area contributed by atoms with E-state index in [1.54, 1.807) is 10.9 Å². The highest BCUT2D eigenvalue weighted by molar-refractivity contribution is 5.97. The molecule has 0 radical (unpaired) electrons. The second-order valence-corrected chi connectivity index (χ2v) is 3.39. The topological polar surface area (TPSA) is 72.9 Å². The van der Waals surface area contributed by atoms with E-state index in [4.69, 9.17) is 12.2 Å². The summed E-state index contributed by atoms with van der Waals surface area (Å²) < 4.78 is 1.61. The zero-order valence-corrected chi connectivity index (χ0v) is 9.53. The summed E-state index contributed by atoms with van der Waals surface area (Å²) in [6.07, 6.45) is 7.57. The van der Waals surface area contributed by atoms with Crippen LogP contribution in [0, 0.1) is 12.3 Å². The summed E-state index contributed by atoms with van der Waals surface area (Å²) >= 11 is 0. The number of hydrogen-bond donors (Lipinski definition) is 2. The van der Waals surface area contributed by atoms with Crippen LogP contribution in [0.25, 0.3) is 0 Å². The summed E-state index contributed by atoms with van der Waals surface area (Å²) in [6, 6.07) is -0.279. The number of nitrogen functional groups attached to an aromatic ring is 1. The maximum Gasteiger partial charge on any atom is 0.274 e. The van der Waals surface area contributed by atoms with E-state index in [1.165, 1.54) is 0 Å². The lowest BCUT2D eigenvalue weighted by atomic mass is 10.2. The number of hydrogen-bond acceptors (Lipinski definition) is 3. The van der Waals surface area contributed by atoms with Gasteiger partial charge in [0.25, 0.3) is 5.91 Å². The van der Waals surface area contributed by atoms with Gasteiger partial charge in [-0.2, -0.15) is 5.10 Å². The maximum atomic E-state index is 11.8. The molecule has 1 heterocycles. The summed E-state index contributed by atoms with van der Waals surface area (Å²) in [7, 11) is 0. The van der Waals surface area contributed by atoms with Gasteiger partial charge in [-0.1, -0.05) is 12.8 Å². The Morgan fingerprint density at radius 1 is 1.75 bits per heavy atom. The Balaban J connectivity index is 2.80. The van der Waals surface area contributed by atoms with Gasteiger partial charge in [0.05, 0.1) is 11.7 Å². The van der Waals surface area contributed by atoms with Crippen molar-refractivity contribution in [2.45, 2.75) is 32.9 Å². The molecule has 0 aliphatic heterocycles. The Kier molecular flexibility index (Phi) is 3.95. The summed E-state index contributed by atoms with van der Waals surface area (Å²) in [6.45, 7) is 4.49. The number of carbonyl (C=O) groups excluding carboxylic acids is 1. The third kappa shape index (κ3) is 2.54. The van der Waals surface area contributed by atoms with E-state index >= 15 is 0 Å². The molecule has 1 rings (SSSR count). The predicted octanol–water partition coefficient (Wildman–Crippen LogP) is 0.627. The van der Waals surface area contributed by atoms with Gasteiger partial charge < -0.3 is 11.1 Å². The third-order valence-electron chi connectivity index (χ3n) is 2.24. The second kappa shape index (κ2) is 5.21. The first-order valence-corrected chi connectivity index (χ1v) is 5.22. The number of nitrogens with zero attached hydrogens (tertiary/aromatic N) is 2. The molecule has 0 aliphatic carbocycles. The number of rotatable bonds is 4. The van der Waals surface area contributed by atoms with Crippen LogP contribution in [0.15, 0.2) is 6.20 Å². The van der Waals surface area contributed by atoms with Crippen molar-refractivity contribution >= 4 is 11.6 Å². The lowest BCUT2D eigenvalue weighted by molar-refractivity contribution is 0.0940. The molecular weight excluding hydrogens is 204 g/mol. The molecule has 0 saturated heterocycles. The fourth-order valence-corrected chi connectivity index (χ4v) is 1.26. The van der Waals surface area contributed by atoms with E-state index in [1.807, 2.05) is 13.8 Å². The molecule has 0 bridgehead atoms. The van der Waals surface area contributed by atoms with Crippen LogP contribution in [0.3, 0.4) is 0 Å². The van der Waals surface area contributed by atoms with E-state index in [-0.39, 0.29) is 17.6 Å². The van der Waals surface area contributed by atoms with E-state index < -0.39 is 0 Å². The molecule has 1 aromatic rings. The number of carbonyl (C=O) groups is 1. The molecular formula is C11H16N4O. The Labute approximate surface area is 95.0 Å². The maximum absolute atomic E-state index is 11.8. The Bertz CT molecular complexity index is 416. The molecule has 0 fully saturated rings. The van der Waals surface area contributed by atoms with E-state index in [0.29, 0.717) is 18.7 Å². The van der Waals surface area contributed by atoms with Crippen molar-refractivity contribution in [3.05, 3.63) is 11.9 Å². The van der Waals surface area contributed by atoms with Gasteiger partial charge in [0.2, 0.25) is 0 Å². The minimum atomic E-state index is -0.325. The Morgan fingerprint density at radius 2 is 2.44 bits per heavy atom. The lowest BCUT2D eigenvalue weighted by Gasteiger charge is -2.09. The fraction of sp³-hybridized carbons (Fsp3) is 0.455. The number of amides is 1. The van der Waals surface area contributed by atoms with E-state index in [0.717, 1.165) is 0 Å². The minimum Gasteiger partial charge on any atom is -0.396 e. The van der Waals surface area contributed by atoms with Crippen molar-refractivity contribution in [3.8, 4) is 12.3 Å². The molecule has 0 aliphatic rings. The molecule has 1 aromatic heterocycles. The van der Waals surface area contributed by atoms with Gasteiger partial charge in [0, 0.05) is 12.7 Å². The number of terminal acetylenes is 1. The van der Waals surface area contributed by atoms with Gasteiger partial charge in [-0.25, -0.2) is 0 Å². The highest BCUT2D eigenvalue weighted by Crippen LogP contribution is 2.09. The largest absolute Gasteiger partial charge is 0.396 e. The van der Waals surface area contributed by atoms with Crippen LogP contribution in [0.1, 0.15) is 30.8 Å². The van der Waals surface area contributed by atoms with Crippen LogP contribution in [-0.4, -0.2) is 21.7 Å². The Hall–Kier alpha value is -1.96. The number of aromatic nitrogens is 2. The molecule has 1 atom stereocenters. The number of aryl methyl sites for hydroxylation is 1. The molecule has 0 spiro atoms. The molecule has 5 heteroatoms. The normalized spacial score (nSPS) is 11.8. The van der Waals surface area contributed by atoms with Crippen molar-refractivity contribution in [1.29, 1.82) is 0 Å². The predicted molar refractivity (Wildman–Crippen MR) is 62.7 cm³/mol. The summed E-state index contributed by atoms with van der Waals surface area (Å²) in [5.74, 6) is 2.16. The van der Waals surface area contributed by atoms with Crippen molar-refractivity contribution in [1.82, 2.24) is 15.1 Å². The first-order valence-electron chi connectivity index (χ1n) is 5.22. The van der Waals surface area contributed by atoms with Crippen molar-refractivity contribution < 1.29 is 4.79 Å². The quantitative estimate of drug-likeness (QED) is 0.731. The van der Waals surface area contributed by atoms with E-state index in [9.17, 15) is 4.79 Å². The molecule has 0 aromatic carbocycles. The standard InChI is InChI=1S/C11H16N4O/c1-4-8(5-2)13-11(16)10-9(12)7-15(6-3)14-10/h1,7-8H,5-6,12H2,2-3H3,(H,13,16). The zero-order valence-electron chi connectivity index (χ0n) is 9.53. The number of nitrogens with two attached hydrogens (primary N) is 1. The van der Waals surface area contributed by atoms with Gasteiger partial charge in [-0.05, 0) is 13.3 Å². The SMILES string of the molecule is C#CC(CC)NC(=O)c1nn(CC)cc1N. The van der Waals surface area contributed by atoms with Crippen LogP contribution < -0.4 is 11.1 Å². The van der Waals surface area contributed by atoms with Crippen LogP contribution in [0.2, 0.25) is 0 Å². The molecule has 16 heavy (non-hydrogen) atoms. The minimum absolute atomic E-state index is 0.232. The van der Waals surface area contributed by atoms with Crippen LogP contribution >= 0.6 is 0 Å². The third-order valence-corrected chi connectivity index (χ3v) is 2.24. The highest BCUT2D eigenvalue weighted by Gasteiger charge is 2.16. The molecule has 0 saturated carbocycles. The number of nitrogens with one attached hydrogen (secondary N) is 1. The molecule has 1 amide bonds. The molecule has 86 valence electrons. The van der Waals surface area contributed by atoms with Crippen LogP contribution in [-0.2, 0) is 6.54 Å². The smallest absolute Gasteiger partial charge is 0.274 e. The fourth-order valence-electron chi connectivity index (χ4n) is 1.26. The van der Waals surface area contributed by atoms with Gasteiger partial charge in [0.15, 0.2) is 5.69 Å². The first-order chi connectivity index (χ1) is 7.62. The number of anilines is 1. The zero-order chi connectivity index (χ0) is 12.1. The molecule has 3 N–H and O–H groups in total. The monoisotopic (exact) mass is 220 g/mol. The first kappa shape index (κ1) is 12.1. The highest BCUT2D eigenvalue weighted by atomic mass is 16.2. The van der Waals surface area contributed by atoms with E-state index in [2.05, 4.69) is 16.3 Å². The summed E-state index contributed by atoms with van der Waals surface area (Å²) in [5, 5.41) is 6.74. The Morgan fingerprint density at radius 3 is 2.88 bits per heavy atom.